The fourth-order valence-electron chi connectivity index (χ4n) is 4.53. The molecular weight excluding hydrogens is 420 g/mol. The average Bonchev–Trinajstić information content (AvgIpc) is 3.50. The molecule has 1 aromatic heterocycles. The van der Waals surface area contributed by atoms with E-state index in [2.05, 4.69) is 28.9 Å². The summed E-state index contributed by atoms with van der Waals surface area (Å²) >= 11 is 1.69. The predicted molar refractivity (Wildman–Crippen MR) is 128 cm³/mol. The van der Waals surface area contributed by atoms with Gasteiger partial charge in [-0.25, -0.2) is 0 Å². The molecule has 1 aliphatic heterocycles. The summed E-state index contributed by atoms with van der Waals surface area (Å²) in [4.78, 5) is 29.5. The van der Waals surface area contributed by atoms with Gasteiger partial charge in [0.15, 0.2) is 0 Å². The number of carbonyl (C=O) groups excluding carboxylic acids is 2. The highest BCUT2D eigenvalue weighted by atomic mass is 32.1. The summed E-state index contributed by atoms with van der Waals surface area (Å²) < 4.78 is 5.67. The van der Waals surface area contributed by atoms with Gasteiger partial charge in [-0.2, -0.15) is 0 Å². The number of hydrogen-bond donors (Lipinski definition) is 1. The van der Waals surface area contributed by atoms with Crippen molar-refractivity contribution < 1.29 is 14.3 Å². The largest absolute Gasteiger partial charge is 0.493 e. The third kappa shape index (κ3) is 4.28. The summed E-state index contributed by atoms with van der Waals surface area (Å²) in [7, 11) is 1.67. The highest BCUT2D eigenvalue weighted by Crippen LogP contribution is 2.39. The maximum atomic E-state index is 13.4. The molecule has 3 aromatic rings. The molecule has 0 aliphatic carbocycles. The van der Waals surface area contributed by atoms with Gasteiger partial charge in [-0.15, -0.1) is 11.3 Å². The van der Waals surface area contributed by atoms with E-state index >= 15 is 0 Å². The fraction of sp³-hybridized carbons (Fsp3) is 0.308. The number of nitrogens with zero attached hydrogens (tertiary/aromatic N) is 1. The van der Waals surface area contributed by atoms with E-state index in [1.54, 1.807) is 29.4 Å². The summed E-state index contributed by atoms with van der Waals surface area (Å²) in [5, 5.41) is 4.92. The highest BCUT2D eigenvalue weighted by molar-refractivity contribution is 7.13. The van der Waals surface area contributed by atoms with Gasteiger partial charge in [-0.1, -0.05) is 42.5 Å². The van der Waals surface area contributed by atoms with Crippen molar-refractivity contribution >= 4 is 23.2 Å². The number of thiophene rings is 1. The summed E-state index contributed by atoms with van der Waals surface area (Å²) in [5.41, 5.74) is 2.15. The van der Waals surface area contributed by atoms with Crippen LogP contribution < -0.4 is 10.1 Å². The Morgan fingerprint density at radius 3 is 2.62 bits per heavy atom. The number of carbonyl (C=O) groups is 2. The Kier molecular flexibility index (Phi) is 6.61. The average molecular weight is 449 g/mol. The van der Waals surface area contributed by atoms with Crippen LogP contribution >= 0.6 is 11.3 Å². The van der Waals surface area contributed by atoms with E-state index < -0.39 is 5.41 Å². The van der Waals surface area contributed by atoms with E-state index in [-0.39, 0.29) is 11.8 Å². The second-order valence-corrected chi connectivity index (χ2v) is 9.02. The molecule has 2 heterocycles. The van der Waals surface area contributed by atoms with Gasteiger partial charge in [0.1, 0.15) is 5.75 Å². The first kappa shape index (κ1) is 22.1. The monoisotopic (exact) mass is 448 g/mol. The molecule has 1 N–H and O–H groups in total. The molecule has 0 saturated carbocycles. The Hall–Kier alpha value is -3.12. The van der Waals surface area contributed by atoms with Gasteiger partial charge < -0.3 is 15.0 Å². The molecule has 1 fully saturated rings. The summed E-state index contributed by atoms with van der Waals surface area (Å²) in [6, 6.07) is 19.7. The second-order valence-electron chi connectivity index (χ2n) is 8.08. The van der Waals surface area contributed by atoms with Crippen molar-refractivity contribution in [1.82, 2.24) is 10.2 Å². The lowest BCUT2D eigenvalue weighted by Crippen LogP contribution is -2.44. The first-order valence-electron chi connectivity index (χ1n) is 10.9. The second kappa shape index (κ2) is 9.57. The number of likely N-dealkylation sites (tertiary alicyclic amines) is 1. The number of nitrogens with one attached hydrogen (secondary N) is 1. The summed E-state index contributed by atoms with van der Waals surface area (Å²) in [6.45, 7) is 3.31. The molecule has 6 heteroatoms. The molecule has 1 atom stereocenters. The molecule has 1 unspecified atom stereocenters. The van der Waals surface area contributed by atoms with E-state index in [0.717, 1.165) is 11.1 Å². The normalized spacial score (nSPS) is 17.9. The Labute approximate surface area is 193 Å². The number of para-hydroxylation sites is 1. The van der Waals surface area contributed by atoms with Crippen molar-refractivity contribution in [2.45, 2.75) is 19.8 Å². The van der Waals surface area contributed by atoms with Crippen molar-refractivity contribution in [2.75, 3.05) is 26.7 Å². The van der Waals surface area contributed by atoms with Gasteiger partial charge in [-0.05, 0) is 54.5 Å². The molecule has 0 bridgehead atoms. The van der Waals surface area contributed by atoms with Crippen LogP contribution in [-0.2, 0) is 11.2 Å². The number of amides is 2. The van der Waals surface area contributed by atoms with Crippen LogP contribution in [-0.4, -0.2) is 43.5 Å². The smallest absolute Gasteiger partial charge is 0.257 e. The Balaban J connectivity index is 1.63. The highest BCUT2D eigenvalue weighted by Gasteiger charge is 2.46. The minimum atomic E-state index is -0.668. The standard InChI is InChI=1S/C26H28N2O3S/c1-3-31-22-12-7-6-11-21(22)24(29)28-15-14-26(18-28,25(30)27-2)17-19-9-4-5-10-20(19)23-13-8-16-32-23/h4-13,16H,3,14-15,17-18H2,1-2H3,(H,27,30). The van der Waals surface area contributed by atoms with E-state index in [1.165, 1.54) is 4.88 Å². The molecule has 0 spiro atoms. The lowest BCUT2D eigenvalue weighted by Gasteiger charge is -2.28. The molecule has 32 heavy (non-hydrogen) atoms. The Morgan fingerprint density at radius 2 is 1.88 bits per heavy atom. The van der Waals surface area contributed by atoms with Crippen molar-refractivity contribution in [3.05, 3.63) is 77.2 Å². The van der Waals surface area contributed by atoms with Crippen molar-refractivity contribution in [2.24, 2.45) is 5.41 Å². The van der Waals surface area contributed by atoms with Gasteiger partial charge in [0.2, 0.25) is 5.91 Å². The topological polar surface area (TPSA) is 58.6 Å². The number of ether oxygens (including phenoxy) is 1. The molecule has 1 aliphatic rings. The van der Waals surface area contributed by atoms with Crippen LogP contribution in [0.4, 0.5) is 0 Å². The third-order valence-corrected chi connectivity index (χ3v) is 7.00. The van der Waals surface area contributed by atoms with Gasteiger partial charge in [0.25, 0.3) is 5.91 Å². The lowest BCUT2D eigenvalue weighted by molar-refractivity contribution is -0.129. The zero-order valence-corrected chi connectivity index (χ0v) is 19.3. The van der Waals surface area contributed by atoms with Gasteiger partial charge in [-0.3, -0.25) is 9.59 Å². The lowest BCUT2D eigenvalue weighted by atomic mass is 9.78. The van der Waals surface area contributed by atoms with Crippen LogP contribution in [0.3, 0.4) is 0 Å². The third-order valence-electron chi connectivity index (χ3n) is 6.10. The maximum Gasteiger partial charge on any atom is 0.257 e. The maximum absolute atomic E-state index is 13.4. The Bertz CT molecular complexity index is 1100. The first-order valence-corrected chi connectivity index (χ1v) is 11.8. The van der Waals surface area contributed by atoms with Crippen molar-refractivity contribution in [3.8, 4) is 16.2 Å². The van der Waals surface area contributed by atoms with Crippen LogP contribution in [0.1, 0.15) is 29.3 Å². The van der Waals surface area contributed by atoms with E-state index in [4.69, 9.17) is 4.74 Å². The van der Waals surface area contributed by atoms with Crippen LogP contribution in [0.5, 0.6) is 5.75 Å². The minimum Gasteiger partial charge on any atom is -0.493 e. The summed E-state index contributed by atoms with van der Waals surface area (Å²) in [6.07, 6.45) is 1.20. The number of hydrogen-bond acceptors (Lipinski definition) is 4. The SMILES string of the molecule is CCOc1ccccc1C(=O)N1CCC(Cc2ccccc2-c2cccs2)(C(=O)NC)C1. The van der Waals surface area contributed by atoms with Gasteiger partial charge in [0, 0.05) is 25.0 Å². The predicted octanol–water partition coefficient (Wildman–Crippen LogP) is 4.63. The molecule has 166 valence electrons. The van der Waals surface area contributed by atoms with Crippen LogP contribution in [0.25, 0.3) is 10.4 Å². The zero-order valence-electron chi connectivity index (χ0n) is 18.5. The van der Waals surface area contributed by atoms with E-state index in [1.807, 2.05) is 43.3 Å². The number of rotatable bonds is 7. The zero-order chi connectivity index (χ0) is 22.6. The molecule has 2 aromatic carbocycles. The van der Waals surface area contributed by atoms with E-state index in [9.17, 15) is 9.59 Å². The molecule has 1 saturated heterocycles. The molecular formula is C26H28N2O3S. The minimum absolute atomic E-state index is 0.0214. The van der Waals surface area contributed by atoms with Gasteiger partial charge >= 0.3 is 0 Å². The summed E-state index contributed by atoms with van der Waals surface area (Å²) in [5.74, 6) is 0.471. The molecule has 2 amide bonds. The Morgan fingerprint density at radius 1 is 1.09 bits per heavy atom. The van der Waals surface area contributed by atoms with Crippen LogP contribution in [0.15, 0.2) is 66.0 Å². The molecule has 5 nitrogen and oxygen atoms in total. The fourth-order valence-corrected chi connectivity index (χ4v) is 5.31. The molecule has 4 rings (SSSR count). The van der Waals surface area contributed by atoms with Crippen LogP contribution in [0.2, 0.25) is 0 Å². The van der Waals surface area contributed by atoms with Gasteiger partial charge in [0.05, 0.1) is 17.6 Å². The van der Waals surface area contributed by atoms with Crippen LogP contribution in [0, 0.1) is 5.41 Å². The molecule has 0 radical (unpaired) electrons. The first-order chi connectivity index (χ1) is 15.6. The van der Waals surface area contributed by atoms with Crippen molar-refractivity contribution in [3.63, 3.8) is 0 Å². The van der Waals surface area contributed by atoms with E-state index in [0.29, 0.717) is 43.9 Å². The van der Waals surface area contributed by atoms with Crippen molar-refractivity contribution in [1.29, 1.82) is 0 Å². The number of benzene rings is 2. The quantitative estimate of drug-likeness (QED) is 0.573.